The summed E-state index contributed by atoms with van der Waals surface area (Å²) in [7, 11) is 1.61. The van der Waals surface area contributed by atoms with Crippen LogP contribution in [0.15, 0.2) is 42.5 Å². The number of morpholine rings is 1. The molecule has 2 aromatic carbocycles. The number of methoxy groups -OCH3 is 1. The van der Waals surface area contributed by atoms with Crippen LogP contribution in [0.4, 0.5) is 11.4 Å². The Morgan fingerprint density at radius 2 is 1.93 bits per heavy atom. The van der Waals surface area contributed by atoms with E-state index in [2.05, 4.69) is 5.32 Å². The van der Waals surface area contributed by atoms with Gasteiger partial charge >= 0.3 is 0 Å². The van der Waals surface area contributed by atoms with Gasteiger partial charge in [-0.3, -0.25) is 14.9 Å². The fourth-order valence-corrected chi connectivity index (χ4v) is 3.10. The second-order valence-electron chi connectivity index (χ2n) is 6.41. The molecule has 28 heavy (non-hydrogen) atoms. The molecule has 8 heteroatoms. The minimum atomic E-state index is -0.446. The van der Waals surface area contributed by atoms with Crippen molar-refractivity contribution < 1.29 is 19.2 Å². The number of nitro groups is 1. The lowest BCUT2D eigenvalue weighted by Crippen LogP contribution is -2.36. The van der Waals surface area contributed by atoms with Crippen LogP contribution in [0.25, 0.3) is 0 Å². The minimum absolute atomic E-state index is 0.0651. The van der Waals surface area contributed by atoms with Gasteiger partial charge in [-0.15, -0.1) is 0 Å². The molecule has 0 aliphatic carbocycles. The third kappa shape index (κ3) is 4.77. The second kappa shape index (κ2) is 9.18. The molecular weight excluding hydrogens is 362 g/mol. The number of rotatable bonds is 7. The third-order valence-corrected chi connectivity index (χ3v) is 4.64. The molecule has 0 atom stereocenters. The monoisotopic (exact) mass is 385 g/mol. The summed E-state index contributed by atoms with van der Waals surface area (Å²) < 4.78 is 10.4. The second-order valence-corrected chi connectivity index (χ2v) is 6.41. The number of benzene rings is 2. The molecular formula is C20H23N3O5. The van der Waals surface area contributed by atoms with Crippen molar-refractivity contribution in [1.82, 2.24) is 5.32 Å². The van der Waals surface area contributed by atoms with Crippen molar-refractivity contribution in [3.8, 4) is 5.75 Å². The van der Waals surface area contributed by atoms with E-state index >= 15 is 0 Å². The van der Waals surface area contributed by atoms with E-state index in [0.717, 1.165) is 11.3 Å². The molecule has 1 amide bonds. The van der Waals surface area contributed by atoms with Gasteiger partial charge in [0.25, 0.3) is 11.6 Å². The highest BCUT2D eigenvalue weighted by atomic mass is 16.6. The first-order valence-corrected chi connectivity index (χ1v) is 9.11. The smallest absolute Gasteiger partial charge is 0.293 e. The topological polar surface area (TPSA) is 93.9 Å². The molecule has 1 aliphatic heterocycles. The highest BCUT2D eigenvalue weighted by Crippen LogP contribution is 2.29. The average molecular weight is 385 g/mol. The van der Waals surface area contributed by atoms with Gasteiger partial charge in [-0.05, 0) is 36.2 Å². The van der Waals surface area contributed by atoms with E-state index in [1.54, 1.807) is 19.2 Å². The van der Waals surface area contributed by atoms with E-state index in [1.165, 1.54) is 6.07 Å². The van der Waals surface area contributed by atoms with Crippen LogP contribution in [0.5, 0.6) is 5.75 Å². The number of ether oxygens (including phenoxy) is 2. The molecule has 0 aromatic heterocycles. The predicted octanol–water partition coefficient (Wildman–Crippen LogP) is 2.41. The van der Waals surface area contributed by atoms with Crippen molar-refractivity contribution in [3.63, 3.8) is 0 Å². The number of hydrogen-bond donors (Lipinski definition) is 1. The Hall–Kier alpha value is -3.13. The van der Waals surface area contributed by atoms with Crippen molar-refractivity contribution in [1.29, 1.82) is 0 Å². The van der Waals surface area contributed by atoms with E-state index in [-0.39, 0.29) is 17.2 Å². The van der Waals surface area contributed by atoms with E-state index in [1.807, 2.05) is 29.2 Å². The molecule has 0 saturated carbocycles. The van der Waals surface area contributed by atoms with Gasteiger partial charge in [0.05, 0.1) is 25.2 Å². The van der Waals surface area contributed by atoms with Crippen LogP contribution in [0.2, 0.25) is 0 Å². The van der Waals surface area contributed by atoms with Crippen molar-refractivity contribution in [2.75, 3.05) is 44.9 Å². The Labute approximate surface area is 163 Å². The largest absolute Gasteiger partial charge is 0.497 e. The lowest BCUT2D eigenvalue weighted by molar-refractivity contribution is -0.384. The van der Waals surface area contributed by atoms with Crippen molar-refractivity contribution >= 4 is 17.3 Å². The Morgan fingerprint density at radius 1 is 1.21 bits per heavy atom. The summed E-state index contributed by atoms with van der Waals surface area (Å²) >= 11 is 0. The summed E-state index contributed by atoms with van der Waals surface area (Å²) in [6.07, 6.45) is 0.656. The minimum Gasteiger partial charge on any atom is -0.497 e. The van der Waals surface area contributed by atoms with E-state index in [4.69, 9.17) is 9.47 Å². The van der Waals surface area contributed by atoms with Gasteiger partial charge in [0.15, 0.2) is 0 Å². The molecule has 0 radical (unpaired) electrons. The quantitative estimate of drug-likeness (QED) is 0.581. The molecule has 1 fully saturated rings. The van der Waals surface area contributed by atoms with Crippen LogP contribution < -0.4 is 15.0 Å². The Morgan fingerprint density at radius 3 is 2.57 bits per heavy atom. The van der Waals surface area contributed by atoms with Gasteiger partial charge in [-0.1, -0.05) is 12.1 Å². The summed E-state index contributed by atoms with van der Waals surface area (Å²) in [5, 5.41) is 14.3. The Bertz CT molecular complexity index is 832. The number of nitro benzene ring substituents is 1. The maximum Gasteiger partial charge on any atom is 0.293 e. The number of nitrogens with one attached hydrogen (secondary N) is 1. The van der Waals surface area contributed by atoms with Crippen LogP contribution in [-0.2, 0) is 11.2 Å². The van der Waals surface area contributed by atoms with Gasteiger partial charge in [0.1, 0.15) is 11.4 Å². The molecule has 2 aromatic rings. The summed E-state index contributed by atoms with van der Waals surface area (Å²) in [6.45, 7) is 2.68. The van der Waals surface area contributed by atoms with Gasteiger partial charge in [0.2, 0.25) is 0 Å². The average Bonchev–Trinajstić information content (AvgIpc) is 2.74. The molecule has 1 N–H and O–H groups in total. The highest BCUT2D eigenvalue weighted by Gasteiger charge is 2.23. The molecule has 1 aliphatic rings. The lowest BCUT2D eigenvalue weighted by atomic mass is 10.1. The lowest BCUT2D eigenvalue weighted by Gasteiger charge is -2.28. The maximum absolute atomic E-state index is 12.4. The highest BCUT2D eigenvalue weighted by molar-refractivity contribution is 5.95. The predicted molar refractivity (Wildman–Crippen MR) is 105 cm³/mol. The number of carbonyl (C=O) groups is 1. The Balaban J connectivity index is 1.63. The van der Waals surface area contributed by atoms with E-state index in [9.17, 15) is 14.9 Å². The van der Waals surface area contributed by atoms with Crippen molar-refractivity contribution in [2.24, 2.45) is 0 Å². The first-order valence-electron chi connectivity index (χ1n) is 9.11. The van der Waals surface area contributed by atoms with E-state index in [0.29, 0.717) is 45.0 Å². The Kier molecular flexibility index (Phi) is 6.44. The van der Waals surface area contributed by atoms with E-state index < -0.39 is 4.92 Å². The number of amides is 1. The van der Waals surface area contributed by atoms with Crippen LogP contribution in [-0.4, -0.2) is 50.8 Å². The van der Waals surface area contributed by atoms with Gasteiger partial charge in [-0.25, -0.2) is 0 Å². The fourth-order valence-electron chi connectivity index (χ4n) is 3.10. The van der Waals surface area contributed by atoms with Gasteiger partial charge < -0.3 is 19.7 Å². The SMILES string of the molecule is COc1ccc(CCNC(=O)c2ccc(N3CCOCC3)c([N+](=O)[O-])c2)cc1. The molecule has 8 nitrogen and oxygen atoms in total. The number of hydrogen-bond acceptors (Lipinski definition) is 6. The third-order valence-electron chi connectivity index (χ3n) is 4.64. The number of carbonyl (C=O) groups excluding carboxylic acids is 1. The van der Waals surface area contributed by atoms with Gasteiger partial charge in [0, 0.05) is 31.3 Å². The van der Waals surface area contributed by atoms with Crippen LogP contribution in [0.1, 0.15) is 15.9 Å². The standard InChI is InChI=1S/C20H23N3O5/c1-27-17-5-2-15(3-6-17)8-9-21-20(24)16-4-7-18(19(14-16)23(25)26)22-10-12-28-13-11-22/h2-7,14H,8-13H2,1H3,(H,21,24). The van der Waals surface area contributed by atoms with Crippen LogP contribution in [0, 0.1) is 10.1 Å². The molecule has 3 rings (SSSR count). The molecule has 0 spiro atoms. The van der Waals surface area contributed by atoms with Gasteiger partial charge in [-0.2, -0.15) is 0 Å². The van der Waals surface area contributed by atoms with Crippen LogP contribution in [0.3, 0.4) is 0 Å². The summed E-state index contributed by atoms with van der Waals surface area (Å²) in [5.41, 5.74) is 1.79. The van der Waals surface area contributed by atoms with Crippen molar-refractivity contribution in [2.45, 2.75) is 6.42 Å². The number of nitrogens with zero attached hydrogens (tertiary/aromatic N) is 2. The summed E-state index contributed by atoms with van der Waals surface area (Å²) in [5.74, 6) is 0.450. The zero-order valence-electron chi connectivity index (χ0n) is 15.7. The van der Waals surface area contributed by atoms with Crippen LogP contribution >= 0.6 is 0 Å². The first-order chi connectivity index (χ1) is 13.6. The zero-order chi connectivity index (χ0) is 19.9. The number of anilines is 1. The fraction of sp³-hybridized carbons (Fsp3) is 0.350. The first kappa shape index (κ1) is 19.6. The normalized spacial score (nSPS) is 13.8. The molecule has 1 heterocycles. The maximum atomic E-state index is 12.4. The van der Waals surface area contributed by atoms with Crippen molar-refractivity contribution in [3.05, 3.63) is 63.7 Å². The molecule has 148 valence electrons. The molecule has 0 unspecified atom stereocenters. The summed E-state index contributed by atoms with van der Waals surface area (Å²) in [4.78, 5) is 25.4. The summed E-state index contributed by atoms with van der Waals surface area (Å²) in [6, 6.07) is 12.2. The molecule has 0 bridgehead atoms. The zero-order valence-corrected chi connectivity index (χ0v) is 15.7. The molecule has 1 saturated heterocycles.